The van der Waals surface area contributed by atoms with Gasteiger partial charge in [-0.3, -0.25) is 19.6 Å². The topological polar surface area (TPSA) is 137 Å². The molecule has 0 aliphatic rings. The number of nitrogens with zero attached hydrogens (tertiary/aromatic N) is 3. The van der Waals surface area contributed by atoms with Crippen molar-refractivity contribution < 1.29 is 19.6 Å². The monoisotopic (exact) mass is 580 g/mol. The van der Waals surface area contributed by atoms with Crippen LogP contribution in [0, 0.1) is 13.8 Å². The van der Waals surface area contributed by atoms with Gasteiger partial charge in [-0.2, -0.15) is 0 Å². The number of para-hydroxylation sites is 2. The normalized spacial score (nSPS) is 11.0. The number of hydroxylamine groups is 1. The molecule has 10 nitrogen and oxygen atoms in total. The van der Waals surface area contributed by atoms with Crippen molar-refractivity contribution in [3.63, 3.8) is 0 Å². The Kier molecular flexibility index (Phi) is 9.80. The summed E-state index contributed by atoms with van der Waals surface area (Å²) in [5.41, 5.74) is 5.99. The second-order valence-electron chi connectivity index (χ2n) is 9.50. The molecule has 0 aliphatic heterocycles. The van der Waals surface area contributed by atoms with Gasteiger partial charge in [-0.25, -0.2) is 15.4 Å². The van der Waals surface area contributed by atoms with Crippen molar-refractivity contribution in [1.82, 2.24) is 20.3 Å². The van der Waals surface area contributed by atoms with Gasteiger partial charge in [0, 0.05) is 18.5 Å². The molecule has 0 bridgehead atoms. The van der Waals surface area contributed by atoms with Crippen LogP contribution < -0.4 is 16.1 Å². The van der Waals surface area contributed by atoms with Crippen molar-refractivity contribution in [1.29, 1.82) is 0 Å². The Bertz CT molecular complexity index is 1450. The number of carbonyl (C=O) groups is 3. The Morgan fingerprint density at radius 3 is 1.98 bits per heavy atom. The molecule has 2 aromatic carbocycles. The SMILES string of the molecule is C=C(CN(CC(=O)Nc1nc2c(C)cccc2s1)C(=O)CCCCCC(=O)NO)Nc1nc2c(C)cccc2s1. The first-order valence-corrected chi connectivity index (χ1v) is 14.5. The second kappa shape index (κ2) is 13.5. The molecule has 0 saturated heterocycles. The Labute approximate surface area is 240 Å². The molecule has 12 heteroatoms. The first-order valence-electron chi connectivity index (χ1n) is 12.9. The zero-order valence-electron chi connectivity index (χ0n) is 22.5. The van der Waals surface area contributed by atoms with Gasteiger partial charge in [-0.15, -0.1) is 0 Å². The van der Waals surface area contributed by atoms with E-state index in [0.717, 1.165) is 31.6 Å². The van der Waals surface area contributed by atoms with E-state index in [-0.39, 0.29) is 37.7 Å². The number of hydrogen-bond donors (Lipinski definition) is 4. The molecule has 0 unspecified atom stereocenters. The average molecular weight is 581 g/mol. The van der Waals surface area contributed by atoms with E-state index in [1.54, 1.807) is 5.48 Å². The largest absolute Gasteiger partial charge is 0.334 e. The van der Waals surface area contributed by atoms with E-state index in [1.807, 2.05) is 50.2 Å². The lowest BCUT2D eigenvalue weighted by Crippen LogP contribution is -2.39. The minimum atomic E-state index is -0.456. The van der Waals surface area contributed by atoms with Gasteiger partial charge in [0.2, 0.25) is 17.7 Å². The number of fused-ring (bicyclic) bond motifs is 2. The van der Waals surface area contributed by atoms with Crippen molar-refractivity contribution in [2.24, 2.45) is 0 Å². The Balaban J connectivity index is 1.40. The predicted octanol–water partition coefficient (Wildman–Crippen LogP) is 5.37. The molecule has 40 heavy (non-hydrogen) atoms. The minimum absolute atomic E-state index is 0.118. The van der Waals surface area contributed by atoms with E-state index >= 15 is 0 Å². The molecule has 2 aromatic heterocycles. The van der Waals surface area contributed by atoms with Gasteiger partial charge in [-0.05, 0) is 49.9 Å². The van der Waals surface area contributed by atoms with Crippen molar-refractivity contribution >= 4 is 71.1 Å². The number of carbonyl (C=O) groups excluding carboxylic acids is 3. The molecule has 4 rings (SSSR count). The fraction of sp³-hybridized carbons (Fsp3) is 0.321. The summed E-state index contributed by atoms with van der Waals surface area (Å²) in [5, 5.41) is 15.8. The average Bonchev–Trinajstić information content (AvgIpc) is 3.52. The van der Waals surface area contributed by atoms with Gasteiger partial charge in [0.25, 0.3) is 0 Å². The van der Waals surface area contributed by atoms with Crippen LogP contribution in [-0.2, 0) is 14.4 Å². The zero-order chi connectivity index (χ0) is 28.6. The molecule has 0 saturated carbocycles. The summed E-state index contributed by atoms with van der Waals surface area (Å²) in [5.74, 6) is -1.01. The molecule has 2 heterocycles. The summed E-state index contributed by atoms with van der Waals surface area (Å²) >= 11 is 2.88. The Morgan fingerprint density at radius 1 is 0.825 bits per heavy atom. The molecular formula is C28H32N6O4S2. The molecule has 0 atom stereocenters. The molecule has 0 fully saturated rings. The van der Waals surface area contributed by atoms with Gasteiger partial charge in [-0.1, -0.05) is 59.9 Å². The highest BCUT2D eigenvalue weighted by atomic mass is 32.1. The molecular weight excluding hydrogens is 548 g/mol. The van der Waals surface area contributed by atoms with Crippen molar-refractivity contribution in [3.8, 4) is 0 Å². The maximum atomic E-state index is 13.2. The van der Waals surface area contributed by atoms with Crippen LogP contribution in [0.1, 0.15) is 43.2 Å². The van der Waals surface area contributed by atoms with Crippen LogP contribution in [0.25, 0.3) is 20.4 Å². The standard InChI is InChI=1S/C28H32N6O4S2/c1-17-9-7-11-20-25(17)31-27(39-20)29-19(3)15-34(24(37)14-6-4-5-13-22(35)33-38)16-23(36)30-28-32-26-18(2)10-8-12-21(26)40-28/h7-12,38H,3-6,13-16H2,1-2H3,(H,29,31)(H,33,35)(H,30,32,36). The molecule has 0 spiro atoms. The highest BCUT2D eigenvalue weighted by molar-refractivity contribution is 7.22. The minimum Gasteiger partial charge on any atom is -0.334 e. The van der Waals surface area contributed by atoms with Crippen LogP contribution in [-0.4, -0.2) is 50.9 Å². The summed E-state index contributed by atoms with van der Waals surface area (Å²) < 4.78 is 2.02. The maximum Gasteiger partial charge on any atom is 0.245 e. The third-order valence-electron chi connectivity index (χ3n) is 6.26. The van der Waals surface area contributed by atoms with Gasteiger partial charge >= 0.3 is 0 Å². The fourth-order valence-electron chi connectivity index (χ4n) is 4.22. The van der Waals surface area contributed by atoms with E-state index in [2.05, 4.69) is 27.2 Å². The summed E-state index contributed by atoms with van der Waals surface area (Å²) in [6.45, 7) is 8.01. The Morgan fingerprint density at radius 2 is 1.40 bits per heavy atom. The maximum absolute atomic E-state index is 13.2. The molecule has 3 amide bonds. The second-order valence-corrected chi connectivity index (χ2v) is 11.6. The van der Waals surface area contributed by atoms with Crippen molar-refractivity contribution in [3.05, 3.63) is 59.8 Å². The number of aromatic nitrogens is 2. The highest BCUT2D eigenvalue weighted by Gasteiger charge is 2.20. The number of thiazole rings is 2. The van der Waals surface area contributed by atoms with Crippen LogP contribution in [0.2, 0.25) is 0 Å². The molecule has 4 N–H and O–H groups in total. The highest BCUT2D eigenvalue weighted by Crippen LogP contribution is 2.29. The van der Waals surface area contributed by atoms with E-state index in [0.29, 0.717) is 35.2 Å². The smallest absolute Gasteiger partial charge is 0.245 e. The fourth-order valence-corrected chi connectivity index (χ4v) is 6.17. The van der Waals surface area contributed by atoms with E-state index in [1.165, 1.54) is 27.6 Å². The third kappa shape index (κ3) is 7.62. The van der Waals surface area contributed by atoms with Crippen LogP contribution in [0.5, 0.6) is 0 Å². The summed E-state index contributed by atoms with van der Waals surface area (Å²) in [4.78, 5) is 48.0. The number of nitrogens with one attached hydrogen (secondary N) is 3. The number of aryl methyl sites for hydroxylation is 2. The van der Waals surface area contributed by atoms with E-state index in [9.17, 15) is 14.4 Å². The lowest BCUT2D eigenvalue weighted by atomic mass is 10.1. The first kappa shape index (κ1) is 29.1. The quantitative estimate of drug-likeness (QED) is 0.0948. The molecule has 0 radical (unpaired) electrons. The first-order chi connectivity index (χ1) is 19.2. The van der Waals surface area contributed by atoms with Crippen LogP contribution in [0.3, 0.4) is 0 Å². The molecule has 210 valence electrons. The number of hydrogen-bond acceptors (Lipinski definition) is 9. The van der Waals surface area contributed by atoms with E-state index in [4.69, 9.17) is 5.21 Å². The van der Waals surface area contributed by atoms with Gasteiger partial charge in [0.05, 0.1) is 27.0 Å². The van der Waals surface area contributed by atoms with Gasteiger partial charge in [0.1, 0.15) is 6.54 Å². The van der Waals surface area contributed by atoms with E-state index < -0.39 is 5.91 Å². The Hall–Kier alpha value is -3.87. The van der Waals surface area contributed by atoms with Crippen molar-refractivity contribution in [2.75, 3.05) is 23.7 Å². The van der Waals surface area contributed by atoms with Crippen LogP contribution in [0.4, 0.5) is 10.3 Å². The summed E-state index contributed by atoms with van der Waals surface area (Å²) in [7, 11) is 0. The van der Waals surface area contributed by atoms with Crippen LogP contribution in [0.15, 0.2) is 48.7 Å². The van der Waals surface area contributed by atoms with Gasteiger partial charge in [0.15, 0.2) is 10.3 Å². The predicted molar refractivity (Wildman–Crippen MR) is 160 cm³/mol. The zero-order valence-corrected chi connectivity index (χ0v) is 24.1. The number of rotatable bonds is 13. The lowest BCUT2D eigenvalue weighted by molar-refractivity contribution is -0.134. The summed E-state index contributed by atoms with van der Waals surface area (Å²) in [6.07, 6.45) is 2.11. The number of amides is 3. The number of unbranched alkanes of at least 4 members (excludes halogenated alkanes) is 2. The lowest BCUT2D eigenvalue weighted by Gasteiger charge is -2.23. The summed E-state index contributed by atoms with van der Waals surface area (Å²) in [6, 6.07) is 11.9. The third-order valence-corrected chi connectivity index (χ3v) is 8.13. The number of anilines is 2. The number of benzene rings is 2. The molecule has 0 aliphatic carbocycles. The van der Waals surface area contributed by atoms with Crippen LogP contribution >= 0.6 is 22.7 Å². The van der Waals surface area contributed by atoms with Gasteiger partial charge < -0.3 is 15.5 Å². The molecule has 4 aromatic rings. The van der Waals surface area contributed by atoms with Crippen molar-refractivity contribution in [2.45, 2.75) is 46.0 Å².